The molecular weight excluding hydrogens is 542 g/mol. The molecule has 10 heteroatoms. The Bertz CT molecular complexity index is 1590. The van der Waals surface area contributed by atoms with E-state index in [4.69, 9.17) is 4.74 Å². The van der Waals surface area contributed by atoms with E-state index in [1.807, 2.05) is 42.5 Å². The van der Waals surface area contributed by atoms with E-state index in [0.29, 0.717) is 62.0 Å². The highest BCUT2D eigenvalue weighted by molar-refractivity contribution is 5.80. The van der Waals surface area contributed by atoms with Gasteiger partial charge in [-0.3, -0.25) is 23.5 Å². The number of carbonyl (C=O) groups is 1. The molecule has 0 saturated carbocycles. The number of nitrogens with zero attached hydrogens (tertiary/aromatic N) is 6. The lowest BCUT2D eigenvalue weighted by molar-refractivity contribution is -0.121. The van der Waals surface area contributed by atoms with Crippen LogP contribution in [0.2, 0.25) is 0 Å². The molecule has 230 valence electrons. The predicted molar refractivity (Wildman–Crippen MR) is 171 cm³/mol. The van der Waals surface area contributed by atoms with Gasteiger partial charge < -0.3 is 15.0 Å². The van der Waals surface area contributed by atoms with E-state index in [9.17, 15) is 9.59 Å². The summed E-state index contributed by atoms with van der Waals surface area (Å²) in [6, 6.07) is 16.7. The standard InChI is InChI=1S/C33H45N7O3/c1-24(2)43-21-9-18-39-32(42)28-12-5-6-13-29(28)40-30(35-36-33(39)40)14-15-31(41)34-16-8-17-37-19-20-38(26(4)23-37)27-11-7-10-25(3)22-27/h5-7,10-13,22,24,26H,8-9,14-21,23H2,1-4H3,(H,34,41). The number of aromatic nitrogens is 4. The van der Waals surface area contributed by atoms with Crippen LogP contribution in [-0.2, 0) is 22.5 Å². The van der Waals surface area contributed by atoms with Crippen molar-refractivity contribution in [1.82, 2.24) is 29.4 Å². The van der Waals surface area contributed by atoms with E-state index in [2.05, 4.69) is 63.4 Å². The fourth-order valence-corrected chi connectivity index (χ4v) is 5.99. The average molecular weight is 588 g/mol. The minimum absolute atomic E-state index is 0.00199. The molecular formula is C33H45N7O3. The molecule has 1 fully saturated rings. The number of ether oxygens (including phenoxy) is 1. The van der Waals surface area contributed by atoms with Gasteiger partial charge in [-0.1, -0.05) is 24.3 Å². The molecule has 1 aliphatic heterocycles. The quantitative estimate of drug-likeness (QED) is 0.238. The van der Waals surface area contributed by atoms with Gasteiger partial charge in [-0.2, -0.15) is 0 Å². The maximum atomic E-state index is 13.3. The van der Waals surface area contributed by atoms with Gasteiger partial charge in [0, 0.05) is 63.9 Å². The number of amides is 1. The number of rotatable bonds is 13. The van der Waals surface area contributed by atoms with Crippen molar-refractivity contribution in [1.29, 1.82) is 0 Å². The van der Waals surface area contributed by atoms with Gasteiger partial charge in [0.2, 0.25) is 11.7 Å². The lowest BCUT2D eigenvalue weighted by Crippen LogP contribution is -2.52. The summed E-state index contributed by atoms with van der Waals surface area (Å²) < 4.78 is 9.26. The number of aryl methyl sites for hydroxylation is 3. The van der Waals surface area contributed by atoms with Crippen LogP contribution in [0.5, 0.6) is 0 Å². The first kappa shape index (κ1) is 30.7. The third kappa shape index (κ3) is 7.43. The van der Waals surface area contributed by atoms with Crippen LogP contribution in [-0.4, -0.2) is 81.4 Å². The smallest absolute Gasteiger partial charge is 0.262 e. The van der Waals surface area contributed by atoms with Crippen LogP contribution in [0.1, 0.15) is 51.4 Å². The molecule has 4 aromatic rings. The zero-order valence-electron chi connectivity index (χ0n) is 26.0. The number of nitrogens with one attached hydrogen (secondary N) is 1. The van der Waals surface area contributed by atoms with Crippen molar-refractivity contribution >= 4 is 28.3 Å². The van der Waals surface area contributed by atoms with Crippen molar-refractivity contribution in [2.24, 2.45) is 0 Å². The van der Waals surface area contributed by atoms with Gasteiger partial charge in [0.25, 0.3) is 5.56 Å². The number of carbonyl (C=O) groups excluding carboxylic acids is 1. The average Bonchev–Trinajstić information content (AvgIpc) is 3.42. The van der Waals surface area contributed by atoms with Gasteiger partial charge in [0.1, 0.15) is 5.82 Å². The molecule has 2 aromatic carbocycles. The molecule has 0 spiro atoms. The van der Waals surface area contributed by atoms with Gasteiger partial charge in [-0.05, 0) is 76.9 Å². The lowest BCUT2D eigenvalue weighted by atomic mass is 10.1. The maximum absolute atomic E-state index is 13.3. The first-order valence-electron chi connectivity index (χ1n) is 15.6. The molecule has 1 N–H and O–H groups in total. The SMILES string of the molecule is Cc1cccc(N2CCN(CCCNC(=O)CCc3nnc4n(CCCOC(C)C)c(=O)c5ccccc5n34)CC2C)c1. The zero-order valence-corrected chi connectivity index (χ0v) is 26.0. The summed E-state index contributed by atoms with van der Waals surface area (Å²) in [6.45, 7) is 14.1. The number of hydrogen-bond acceptors (Lipinski definition) is 7. The normalized spacial score (nSPS) is 16.0. The van der Waals surface area contributed by atoms with Crippen LogP contribution >= 0.6 is 0 Å². The summed E-state index contributed by atoms with van der Waals surface area (Å²) in [5.74, 6) is 1.17. The molecule has 43 heavy (non-hydrogen) atoms. The van der Waals surface area contributed by atoms with Crippen molar-refractivity contribution in [2.45, 2.75) is 72.1 Å². The molecule has 1 amide bonds. The summed E-state index contributed by atoms with van der Waals surface area (Å²) in [5.41, 5.74) is 3.26. The van der Waals surface area contributed by atoms with E-state index in [1.165, 1.54) is 11.3 Å². The molecule has 10 nitrogen and oxygen atoms in total. The number of fused-ring (bicyclic) bond motifs is 3. The monoisotopic (exact) mass is 587 g/mol. The van der Waals surface area contributed by atoms with Crippen molar-refractivity contribution in [3.63, 3.8) is 0 Å². The van der Waals surface area contributed by atoms with Gasteiger partial charge in [-0.15, -0.1) is 10.2 Å². The summed E-state index contributed by atoms with van der Waals surface area (Å²) in [5, 5.41) is 12.5. The highest BCUT2D eigenvalue weighted by Crippen LogP contribution is 2.22. The molecule has 1 atom stereocenters. The van der Waals surface area contributed by atoms with Gasteiger partial charge in [0.15, 0.2) is 0 Å². The lowest BCUT2D eigenvalue weighted by Gasteiger charge is -2.41. The molecule has 5 rings (SSSR count). The largest absolute Gasteiger partial charge is 0.379 e. The Balaban J connectivity index is 1.13. The Kier molecular flexibility index (Phi) is 10.1. The van der Waals surface area contributed by atoms with Gasteiger partial charge >= 0.3 is 0 Å². The van der Waals surface area contributed by atoms with Gasteiger partial charge in [0.05, 0.1) is 17.0 Å². The minimum Gasteiger partial charge on any atom is -0.379 e. The Morgan fingerprint density at radius 2 is 1.91 bits per heavy atom. The Hall–Kier alpha value is -3.76. The minimum atomic E-state index is -0.0877. The molecule has 1 unspecified atom stereocenters. The summed E-state index contributed by atoms with van der Waals surface area (Å²) >= 11 is 0. The van der Waals surface area contributed by atoms with Crippen LogP contribution in [0.15, 0.2) is 53.3 Å². The van der Waals surface area contributed by atoms with E-state index in [1.54, 1.807) is 4.57 Å². The predicted octanol–water partition coefficient (Wildman–Crippen LogP) is 3.82. The topological polar surface area (TPSA) is 97.0 Å². The van der Waals surface area contributed by atoms with Crippen molar-refractivity contribution in [3.8, 4) is 0 Å². The molecule has 0 radical (unpaired) electrons. The van der Waals surface area contributed by atoms with Crippen molar-refractivity contribution in [3.05, 3.63) is 70.3 Å². The number of para-hydroxylation sites is 1. The van der Waals surface area contributed by atoms with E-state index in [0.717, 1.165) is 38.1 Å². The fourth-order valence-electron chi connectivity index (χ4n) is 5.99. The second-order valence-corrected chi connectivity index (χ2v) is 11.9. The van der Waals surface area contributed by atoms with E-state index >= 15 is 0 Å². The first-order valence-corrected chi connectivity index (χ1v) is 15.6. The third-order valence-corrected chi connectivity index (χ3v) is 8.15. The van der Waals surface area contributed by atoms with Crippen LogP contribution in [0, 0.1) is 6.92 Å². The highest BCUT2D eigenvalue weighted by atomic mass is 16.5. The van der Waals surface area contributed by atoms with Crippen LogP contribution in [0.3, 0.4) is 0 Å². The van der Waals surface area contributed by atoms with E-state index < -0.39 is 0 Å². The highest BCUT2D eigenvalue weighted by Gasteiger charge is 2.23. The van der Waals surface area contributed by atoms with E-state index in [-0.39, 0.29) is 17.6 Å². The summed E-state index contributed by atoms with van der Waals surface area (Å²) in [7, 11) is 0. The number of hydrogen-bond donors (Lipinski definition) is 1. The molecule has 0 aliphatic carbocycles. The Labute approximate surface area is 253 Å². The first-order chi connectivity index (χ1) is 20.8. The molecule has 1 saturated heterocycles. The second kappa shape index (κ2) is 14.1. The second-order valence-electron chi connectivity index (χ2n) is 11.9. The number of anilines is 1. The Morgan fingerprint density at radius 1 is 1.07 bits per heavy atom. The molecule has 3 heterocycles. The maximum Gasteiger partial charge on any atom is 0.262 e. The molecule has 2 aromatic heterocycles. The Morgan fingerprint density at radius 3 is 2.70 bits per heavy atom. The van der Waals surface area contributed by atoms with Crippen molar-refractivity contribution in [2.75, 3.05) is 44.2 Å². The van der Waals surface area contributed by atoms with Crippen LogP contribution in [0.4, 0.5) is 5.69 Å². The van der Waals surface area contributed by atoms with Crippen LogP contribution in [0.25, 0.3) is 16.7 Å². The fraction of sp³-hybridized carbons (Fsp3) is 0.515. The van der Waals surface area contributed by atoms with Gasteiger partial charge in [-0.25, -0.2) is 0 Å². The summed E-state index contributed by atoms with van der Waals surface area (Å²) in [6.07, 6.45) is 2.49. The van der Waals surface area contributed by atoms with Crippen molar-refractivity contribution < 1.29 is 9.53 Å². The zero-order chi connectivity index (χ0) is 30.3. The number of piperazine rings is 1. The number of benzene rings is 2. The third-order valence-electron chi connectivity index (χ3n) is 8.15. The molecule has 0 bridgehead atoms. The van der Waals surface area contributed by atoms with Crippen LogP contribution < -0.4 is 15.8 Å². The molecule has 1 aliphatic rings. The summed E-state index contributed by atoms with van der Waals surface area (Å²) in [4.78, 5) is 31.0.